The number of nitrogens with zero attached hydrogens (tertiary/aromatic N) is 3. The van der Waals surface area contributed by atoms with Crippen LogP contribution in [0.2, 0.25) is 0 Å². The molecular formula is C18H23N3O5S. The molecular weight excluding hydrogens is 370 g/mol. The largest absolute Gasteiger partial charge is 0.453 e. The van der Waals surface area contributed by atoms with Gasteiger partial charge in [-0.25, -0.2) is 13.2 Å². The summed E-state index contributed by atoms with van der Waals surface area (Å²) in [6, 6.07) is 3.50. The Kier molecular flexibility index (Phi) is 4.38. The number of aryl methyl sites for hydroxylation is 1. The molecule has 1 fully saturated rings. The molecule has 27 heavy (non-hydrogen) atoms. The van der Waals surface area contributed by atoms with E-state index in [1.54, 1.807) is 12.1 Å². The Morgan fingerprint density at radius 1 is 1.11 bits per heavy atom. The minimum atomic E-state index is -3.65. The van der Waals surface area contributed by atoms with Gasteiger partial charge in [0, 0.05) is 38.6 Å². The van der Waals surface area contributed by atoms with E-state index in [1.165, 1.54) is 16.3 Å². The number of hydrogen-bond acceptors (Lipinski definition) is 5. The molecule has 1 saturated heterocycles. The van der Waals surface area contributed by atoms with Gasteiger partial charge < -0.3 is 14.5 Å². The maximum Gasteiger partial charge on any atom is 0.409 e. The van der Waals surface area contributed by atoms with Crippen LogP contribution in [0.3, 0.4) is 0 Å². The summed E-state index contributed by atoms with van der Waals surface area (Å²) in [4.78, 5) is 27.4. The monoisotopic (exact) mass is 393 g/mol. The molecule has 0 aliphatic carbocycles. The van der Waals surface area contributed by atoms with Gasteiger partial charge in [-0.05, 0) is 43.0 Å². The van der Waals surface area contributed by atoms with Crippen molar-refractivity contribution in [2.75, 3.05) is 38.2 Å². The van der Waals surface area contributed by atoms with Gasteiger partial charge in [-0.1, -0.05) is 0 Å². The fraction of sp³-hybridized carbons (Fsp3) is 0.556. The molecule has 9 heteroatoms. The van der Waals surface area contributed by atoms with Crippen molar-refractivity contribution in [2.45, 2.75) is 37.1 Å². The van der Waals surface area contributed by atoms with Crippen LogP contribution in [0.5, 0.6) is 0 Å². The number of anilines is 1. The highest BCUT2D eigenvalue weighted by atomic mass is 32.2. The number of ether oxygens (including phenoxy) is 1. The third-order valence-corrected chi connectivity index (χ3v) is 7.50. The number of hydrogen-bond donors (Lipinski definition) is 0. The molecule has 0 bridgehead atoms. The van der Waals surface area contributed by atoms with Crippen molar-refractivity contribution < 1.29 is 22.7 Å². The first-order valence-electron chi connectivity index (χ1n) is 9.14. The molecule has 0 N–H and O–H groups in total. The highest BCUT2D eigenvalue weighted by molar-refractivity contribution is 7.89. The van der Waals surface area contributed by atoms with E-state index >= 15 is 0 Å². The molecule has 1 aromatic carbocycles. The van der Waals surface area contributed by atoms with Gasteiger partial charge in [0.25, 0.3) is 0 Å². The average Bonchev–Trinajstić information content (AvgIpc) is 3.01. The summed E-state index contributed by atoms with van der Waals surface area (Å²) in [5, 5.41) is 0. The number of rotatable bonds is 2. The molecule has 3 aliphatic rings. The normalized spacial score (nSPS) is 22.7. The highest BCUT2D eigenvalue weighted by Gasteiger charge is 2.38. The van der Waals surface area contributed by atoms with Crippen LogP contribution in [0, 0.1) is 0 Å². The standard InChI is InChI=1S/C18H23N3O5S/c1-12-9-14-11-15(10-13-3-4-16(22)21(12)17(13)14)27(24,25)20-7-5-19(6-8-20)18(23)26-2/h10-12H,3-9H2,1-2H3/t12-/m0/s1. The summed E-state index contributed by atoms with van der Waals surface area (Å²) >= 11 is 0. The van der Waals surface area contributed by atoms with Crippen LogP contribution in [-0.2, 0) is 32.4 Å². The first-order valence-corrected chi connectivity index (χ1v) is 10.6. The summed E-state index contributed by atoms with van der Waals surface area (Å²) < 4.78 is 32.4. The van der Waals surface area contributed by atoms with Crippen molar-refractivity contribution in [1.29, 1.82) is 0 Å². The number of amides is 2. The molecule has 0 spiro atoms. The van der Waals surface area contributed by atoms with Gasteiger partial charge in [0.15, 0.2) is 0 Å². The number of carbonyl (C=O) groups excluding carboxylic acids is 2. The average molecular weight is 393 g/mol. The van der Waals surface area contributed by atoms with Crippen molar-refractivity contribution >= 4 is 27.7 Å². The van der Waals surface area contributed by atoms with Gasteiger partial charge in [-0.15, -0.1) is 0 Å². The van der Waals surface area contributed by atoms with E-state index in [2.05, 4.69) is 0 Å². The minimum absolute atomic E-state index is 0.0631. The summed E-state index contributed by atoms with van der Waals surface area (Å²) in [6.45, 7) is 3.09. The van der Waals surface area contributed by atoms with Gasteiger partial charge in [-0.2, -0.15) is 4.31 Å². The molecule has 0 saturated carbocycles. The Balaban J connectivity index is 1.62. The second-order valence-electron chi connectivity index (χ2n) is 7.27. The first-order chi connectivity index (χ1) is 12.8. The number of benzene rings is 1. The lowest BCUT2D eigenvalue weighted by atomic mass is 10.00. The van der Waals surface area contributed by atoms with Gasteiger partial charge in [0.2, 0.25) is 15.9 Å². The first kappa shape index (κ1) is 18.2. The zero-order valence-corrected chi connectivity index (χ0v) is 16.3. The fourth-order valence-corrected chi connectivity index (χ4v) is 5.81. The topological polar surface area (TPSA) is 87.2 Å². The van der Waals surface area contributed by atoms with E-state index in [-0.39, 0.29) is 29.9 Å². The van der Waals surface area contributed by atoms with Crippen LogP contribution in [0.25, 0.3) is 0 Å². The van der Waals surface area contributed by atoms with E-state index in [9.17, 15) is 18.0 Å². The quantitative estimate of drug-likeness (QED) is 0.748. The van der Waals surface area contributed by atoms with Crippen LogP contribution in [0.15, 0.2) is 17.0 Å². The van der Waals surface area contributed by atoms with Gasteiger partial charge in [0.05, 0.1) is 17.7 Å². The molecule has 146 valence electrons. The van der Waals surface area contributed by atoms with Crippen molar-refractivity contribution in [3.05, 3.63) is 23.3 Å². The Labute approximate surface area is 158 Å². The second kappa shape index (κ2) is 6.49. The molecule has 3 heterocycles. The summed E-state index contributed by atoms with van der Waals surface area (Å²) in [7, 11) is -2.33. The Bertz CT molecular complexity index is 906. The predicted octanol–water partition coefficient (Wildman–Crippen LogP) is 0.983. The second-order valence-corrected chi connectivity index (χ2v) is 9.21. The third kappa shape index (κ3) is 2.89. The Hall–Kier alpha value is -2.13. The molecule has 1 atom stereocenters. The van der Waals surface area contributed by atoms with Crippen LogP contribution in [0.4, 0.5) is 10.5 Å². The van der Waals surface area contributed by atoms with Crippen molar-refractivity contribution in [3.8, 4) is 0 Å². The lowest BCUT2D eigenvalue weighted by molar-refractivity contribution is -0.119. The molecule has 0 unspecified atom stereocenters. The van der Waals surface area contributed by atoms with Crippen LogP contribution in [0.1, 0.15) is 24.5 Å². The number of carbonyl (C=O) groups is 2. The molecule has 3 aliphatic heterocycles. The van der Waals surface area contributed by atoms with Crippen LogP contribution < -0.4 is 4.90 Å². The lowest BCUT2D eigenvalue weighted by Gasteiger charge is -2.33. The van der Waals surface area contributed by atoms with Gasteiger partial charge in [-0.3, -0.25) is 4.79 Å². The number of methoxy groups -OCH3 is 1. The minimum Gasteiger partial charge on any atom is -0.453 e. The van der Waals surface area contributed by atoms with E-state index in [0.717, 1.165) is 16.8 Å². The zero-order chi connectivity index (χ0) is 19.3. The highest BCUT2D eigenvalue weighted by Crippen LogP contribution is 2.41. The molecule has 4 rings (SSSR count). The van der Waals surface area contributed by atoms with Gasteiger partial charge >= 0.3 is 6.09 Å². The van der Waals surface area contributed by atoms with Crippen molar-refractivity contribution in [3.63, 3.8) is 0 Å². The van der Waals surface area contributed by atoms with Crippen molar-refractivity contribution in [1.82, 2.24) is 9.21 Å². The van der Waals surface area contributed by atoms with Crippen molar-refractivity contribution in [2.24, 2.45) is 0 Å². The Morgan fingerprint density at radius 2 is 1.78 bits per heavy atom. The van der Waals surface area contributed by atoms with Gasteiger partial charge in [0.1, 0.15) is 0 Å². The molecule has 2 amide bonds. The fourth-order valence-electron chi connectivity index (χ4n) is 4.28. The SMILES string of the molecule is COC(=O)N1CCN(S(=O)(=O)c2cc3c4c(c2)C[C@H](C)N4C(=O)CC3)CC1. The summed E-state index contributed by atoms with van der Waals surface area (Å²) in [5.41, 5.74) is 2.77. The van der Waals surface area contributed by atoms with Crippen LogP contribution in [-0.4, -0.2) is 69.0 Å². The Morgan fingerprint density at radius 3 is 2.44 bits per heavy atom. The summed E-state index contributed by atoms with van der Waals surface area (Å²) in [6.07, 6.45) is 1.22. The zero-order valence-electron chi connectivity index (χ0n) is 15.5. The molecule has 0 radical (unpaired) electrons. The number of sulfonamides is 1. The van der Waals surface area contributed by atoms with E-state index in [0.29, 0.717) is 32.4 Å². The van der Waals surface area contributed by atoms with E-state index in [4.69, 9.17) is 4.74 Å². The molecule has 1 aromatic rings. The maximum absolute atomic E-state index is 13.2. The lowest BCUT2D eigenvalue weighted by Crippen LogP contribution is -2.50. The van der Waals surface area contributed by atoms with E-state index < -0.39 is 16.1 Å². The number of piperazine rings is 1. The van der Waals surface area contributed by atoms with Crippen LogP contribution >= 0.6 is 0 Å². The maximum atomic E-state index is 13.2. The smallest absolute Gasteiger partial charge is 0.409 e. The summed E-state index contributed by atoms with van der Waals surface area (Å²) in [5.74, 6) is 0.114. The predicted molar refractivity (Wildman–Crippen MR) is 98.2 cm³/mol. The molecule has 0 aromatic heterocycles. The van der Waals surface area contributed by atoms with E-state index in [1.807, 2.05) is 11.8 Å². The third-order valence-electron chi connectivity index (χ3n) is 5.62. The molecule has 8 nitrogen and oxygen atoms in total.